The molecule has 0 aliphatic carbocycles. The average molecular weight is 247 g/mol. The Hall–Kier alpha value is -1.55. The predicted octanol–water partition coefficient (Wildman–Crippen LogP) is 2.09. The Balaban J connectivity index is 2.15. The molecule has 0 aliphatic heterocycles. The molecule has 2 rings (SSSR count). The van der Waals surface area contributed by atoms with Crippen LogP contribution in [0.2, 0.25) is 19.6 Å². The fourth-order valence-corrected chi connectivity index (χ4v) is 2.35. The van der Waals surface area contributed by atoms with Gasteiger partial charge < -0.3 is 4.53 Å². The van der Waals surface area contributed by atoms with Crippen LogP contribution in [-0.4, -0.2) is 13.2 Å². The van der Waals surface area contributed by atoms with Crippen molar-refractivity contribution in [3.05, 3.63) is 54.4 Å². The Morgan fingerprint density at radius 1 is 1.12 bits per heavy atom. The van der Waals surface area contributed by atoms with E-state index >= 15 is 0 Å². The van der Waals surface area contributed by atoms with Crippen LogP contribution < -0.4 is 9.21 Å². The predicted molar refractivity (Wildman–Crippen MR) is 70.1 cm³/mol. The molecule has 1 heterocycles. The Morgan fingerprint density at radius 3 is 2.47 bits per heavy atom. The first kappa shape index (κ1) is 11.9. The largest absolute Gasteiger partial charge is 0.430 e. The van der Waals surface area contributed by atoms with E-state index in [2.05, 4.69) is 48.6 Å². The molecule has 17 heavy (non-hydrogen) atoms. The topological polar surface area (TPSA) is 18.0 Å². The van der Waals surface area contributed by atoms with Gasteiger partial charge in [0.1, 0.15) is 6.20 Å². The van der Waals surface area contributed by atoms with Crippen molar-refractivity contribution in [1.82, 2.24) is 4.85 Å². The van der Waals surface area contributed by atoms with Crippen LogP contribution in [0.3, 0.4) is 0 Å². The summed E-state index contributed by atoms with van der Waals surface area (Å²) >= 11 is 0. The van der Waals surface area contributed by atoms with E-state index in [1.54, 1.807) is 0 Å². The molecule has 1 aromatic carbocycles. The van der Waals surface area contributed by atoms with E-state index < -0.39 is 8.32 Å². The van der Waals surface area contributed by atoms with Crippen LogP contribution in [0.5, 0.6) is 0 Å². The molecule has 0 radical (unpaired) electrons. The van der Waals surface area contributed by atoms with E-state index in [4.69, 9.17) is 4.53 Å². The molecule has 0 amide bonds. The summed E-state index contributed by atoms with van der Waals surface area (Å²) in [6.45, 7) is 7.37. The van der Waals surface area contributed by atoms with E-state index in [0.717, 1.165) is 6.54 Å². The first-order valence-electron chi connectivity index (χ1n) is 5.85. The van der Waals surface area contributed by atoms with E-state index in [-0.39, 0.29) is 0 Å². The molecule has 1 aromatic heterocycles. The summed E-state index contributed by atoms with van der Waals surface area (Å²) in [6.07, 6.45) is 3.99. The number of benzene rings is 1. The van der Waals surface area contributed by atoms with Crippen molar-refractivity contribution in [3.63, 3.8) is 0 Å². The van der Waals surface area contributed by atoms with Crippen molar-refractivity contribution in [3.8, 4) is 0 Å². The summed E-state index contributed by atoms with van der Waals surface area (Å²) in [5.41, 5.74) is 1.27. The van der Waals surface area contributed by atoms with Crippen LogP contribution in [0, 0.1) is 0 Å². The molecule has 0 aliphatic rings. The first-order valence-corrected chi connectivity index (χ1v) is 9.26. The molecule has 3 nitrogen and oxygen atoms in total. The first-order chi connectivity index (χ1) is 8.04. The highest BCUT2D eigenvalue weighted by molar-refractivity contribution is 6.69. The summed E-state index contributed by atoms with van der Waals surface area (Å²) in [5.74, 6) is 0. The summed E-state index contributed by atoms with van der Waals surface area (Å²) in [6, 6.07) is 12.4. The zero-order valence-electron chi connectivity index (χ0n) is 10.6. The third-order valence-corrected chi connectivity index (χ3v) is 3.01. The van der Waals surface area contributed by atoms with Gasteiger partial charge in [0.15, 0.2) is 6.20 Å². The second-order valence-electron chi connectivity index (χ2n) is 5.08. The highest BCUT2D eigenvalue weighted by Gasteiger charge is 2.21. The molecule has 0 atom stereocenters. The van der Waals surface area contributed by atoms with Crippen LogP contribution in [-0.2, 0) is 6.54 Å². The molecule has 90 valence electrons. The van der Waals surface area contributed by atoms with Gasteiger partial charge in [-0.25, -0.2) is 0 Å². The highest BCUT2D eigenvalue weighted by Crippen LogP contribution is 2.00. The fraction of sp³-hybridized carbons (Fsp3) is 0.308. The fourth-order valence-electron chi connectivity index (χ4n) is 1.62. The maximum atomic E-state index is 5.96. The Labute approximate surface area is 103 Å². The lowest BCUT2D eigenvalue weighted by Crippen LogP contribution is -2.51. The molecule has 0 bridgehead atoms. The van der Waals surface area contributed by atoms with Gasteiger partial charge in [-0.1, -0.05) is 35.0 Å². The molecule has 0 spiro atoms. The maximum absolute atomic E-state index is 5.96. The van der Waals surface area contributed by atoms with Crippen LogP contribution >= 0.6 is 0 Å². The van der Waals surface area contributed by atoms with Gasteiger partial charge in [0.2, 0.25) is 6.54 Å². The zero-order chi connectivity index (χ0) is 12.3. The van der Waals surface area contributed by atoms with Crippen LogP contribution in [0.15, 0.2) is 48.8 Å². The molecule has 2 aromatic rings. The van der Waals surface area contributed by atoms with Gasteiger partial charge in [-0.3, -0.25) is 0 Å². The summed E-state index contributed by atoms with van der Waals surface area (Å²) < 4.78 is 8.04. The summed E-state index contributed by atoms with van der Waals surface area (Å²) in [4.78, 5) is 1.85. The summed E-state index contributed by atoms with van der Waals surface area (Å²) in [5, 5.41) is 0. The van der Waals surface area contributed by atoms with Gasteiger partial charge in [-0.15, -0.1) is 0 Å². The minimum atomic E-state index is -1.57. The standard InChI is InChI=1S/C13H19N2OSi/c1-17(2,3)16-15-11-7-10-14(15)12-13-8-5-4-6-9-13/h4-11H,12H2,1-3H3/q+1. The lowest BCUT2D eigenvalue weighted by molar-refractivity contribution is -0.787. The number of hydrogen-bond donors (Lipinski definition) is 0. The molecule has 0 saturated heterocycles. The van der Waals surface area contributed by atoms with Gasteiger partial charge in [0.05, 0.1) is 0 Å². The van der Waals surface area contributed by atoms with Gasteiger partial charge >= 0.3 is 0 Å². The van der Waals surface area contributed by atoms with Crippen molar-refractivity contribution in [2.24, 2.45) is 0 Å². The van der Waals surface area contributed by atoms with Crippen LogP contribution in [0.25, 0.3) is 0 Å². The van der Waals surface area contributed by atoms with E-state index in [1.807, 2.05) is 29.4 Å². The quantitative estimate of drug-likeness (QED) is 0.597. The molecular weight excluding hydrogens is 228 g/mol. The number of hydrogen-bond acceptors (Lipinski definition) is 1. The monoisotopic (exact) mass is 247 g/mol. The van der Waals surface area contributed by atoms with E-state index in [1.165, 1.54) is 5.56 Å². The molecule has 0 unspecified atom stereocenters. The van der Waals surface area contributed by atoms with Crippen LogP contribution in [0.1, 0.15) is 5.56 Å². The Kier molecular flexibility index (Phi) is 3.33. The Bertz CT molecular complexity index is 474. The maximum Gasteiger partial charge on any atom is 0.283 e. The minimum absolute atomic E-state index is 0.832. The van der Waals surface area contributed by atoms with E-state index in [9.17, 15) is 0 Å². The second-order valence-corrected chi connectivity index (χ2v) is 9.49. The van der Waals surface area contributed by atoms with Crippen molar-refractivity contribution < 1.29 is 9.21 Å². The van der Waals surface area contributed by atoms with Crippen LogP contribution in [0.4, 0.5) is 0 Å². The molecular formula is C13H19N2OSi+. The Morgan fingerprint density at radius 2 is 1.82 bits per heavy atom. The highest BCUT2D eigenvalue weighted by atomic mass is 28.4. The lowest BCUT2D eigenvalue weighted by atomic mass is 10.2. The van der Waals surface area contributed by atoms with Gasteiger partial charge in [0.25, 0.3) is 8.32 Å². The van der Waals surface area contributed by atoms with Gasteiger partial charge in [-0.2, -0.15) is 0 Å². The SMILES string of the molecule is C[Si](C)(C)On1ccc[n+]1Cc1ccccc1. The molecule has 0 saturated carbocycles. The third-order valence-electron chi connectivity index (χ3n) is 2.28. The normalized spacial score (nSPS) is 11.5. The average Bonchev–Trinajstić information content (AvgIpc) is 2.65. The number of rotatable bonds is 4. The lowest BCUT2D eigenvalue weighted by Gasteiger charge is -2.16. The smallest absolute Gasteiger partial charge is 0.283 e. The van der Waals surface area contributed by atoms with Gasteiger partial charge in [-0.05, 0) is 19.6 Å². The molecule has 4 heteroatoms. The molecule has 0 N–H and O–H groups in total. The van der Waals surface area contributed by atoms with Crippen molar-refractivity contribution in [1.29, 1.82) is 0 Å². The van der Waals surface area contributed by atoms with Crippen molar-refractivity contribution in [2.75, 3.05) is 0 Å². The minimum Gasteiger partial charge on any atom is -0.430 e. The van der Waals surface area contributed by atoms with E-state index in [0.29, 0.717) is 0 Å². The van der Waals surface area contributed by atoms with Gasteiger partial charge in [0, 0.05) is 16.5 Å². The number of aromatic nitrogens is 2. The van der Waals surface area contributed by atoms with Crippen molar-refractivity contribution in [2.45, 2.75) is 26.2 Å². The molecule has 0 fully saturated rings. The van der Waals surface area contributed by atoms with Crippen molar-refractivity contribution >= 4 is 8.32 Å². The number of nitrogens with zero attached hydrogens (tertiary/aromatic N) is 2. The summed E-state index contributed by atoms with van der Waals surface area (Å²) in [7, 11) is -1.57. The third kappa shape index (κ3) is 3.46. The second kappa shape index (κ2) is 4.75. The zero-order valence-corrected chi connectivity index (χ0v) is 11.6.